The number of benzene rings is 1. The normalized spacial score (nSPS) is 12.0. The second kappa shape index (κ2) is 7.96. The van der Waals surface area contributed by atoms with Crippen molar-refractivity contribution in [3.8, 4) is 11.5 Å². The summed E-state index contributed by atoms with van der Waals surface area (Å²) in [7, 11) is 0. The molecule has 0 bridgehead atoms. The van der Waals surface area contributed by atoms with Crippen molar-refractivity contribution in [2.75, 3.05) is 0 Å². The van der Waals surface area contributed by atoms with Crippen LogP contribution in [-0.2, 0) is 6.54 Å². The number of hydrogen-bond donors (Lipinski definition) is 2. The van der Waals surface area contributed by atoms with Crippen LogP contribution in [0.2, 0.25) is 0 Å². The number of hydrogen-bond acceptors (Lipinski definition) is 4. The van der Waals surface area contributed by atoms with Crippen LogP contribution in [0.3, 0.4) is 0 Å². The molecule has 28 heavy (non-hydrogen) atoms. The molecule has 7 heteroatoms. The molecule has 0 spiro atoms. The van der Waals surface area contributed by atoms with Gasteiger partial charge in [-0.1, -0.05) is 30.3 Å². The van der Waals surface area contributed by atoms with Crippen molar-refractivity contribution in [1.82, 2.24) is 25.1 Å². The topological polar surface area (TPSA) is 88.7 Å². The maximum Gasteiger partial charge on any atom is 0.272 e. The molecule has 4 rings (SSSR count). The van der Waals surface area contributed by atoms with Crippen molar-refractivity contribution in [2.24, 2.45) is 0 Å². The molecule has 0 saturated heterocycles. The van der Waals surface area contributed by atoms with Gasteiger partial charge in [0, 0.05) is 25.0 Å². The van der Waals surface area contributed by atoms with Crippen LogP contribution in [-0.4, -0.2) is 25.7 Å². The lowest BCUT2D eigenvalue weighted by molar-refractivity contribution is 0.0928. The van der Waals surface area contributed by atoms with Gasteiger partial charge in [0.05, 0.1) is 12.4 Å². The Morgan fingerprint density at radius 3 is 2.82 bits per heavy atom. The van der Waals surface area contributed by atoms with E-state index in [9.17, 15) is 4.79 Å². The van der Waals surface area contributed by atoms with E-state index in [0.717, 1.165) is 24.3 Å². The number of H-pyrrole nitrogens is 1. The molecule has 3 aromatic heterocycles. The molecule has 0 unspecified atom stereocenters. The maximum atomic E-state index is 12.8. The van der Waals surface area contributed by atoms with Gasteiger partial charge in [-0.15, -0.1) is 0 Å². The van der Waals surface area contributed by atoms with E-state index in [1.165, 1.54) is 0 Å². The first-order chi connectivity index (χ1) is 13.7. The van der Waals surface area contributed by atoms with E-state index in [4.69, 9.17) is 4.42 Å². The minimum absolute atomic E-state index is 0.137. The van der Waals surface area contributed by atoms with Crippen LogP contribution >= 0.6 is 0 Å². The first-order valence-corrected chi connectivity index (χ1v) is 9.13. The molecule has 0 fully saturated rings. The lowest BCUT2D eigenvalue weighted by atomic mass is 10.0. The number of carbonyl (C=O) groups is 1. The SMILES string of the molecule is Cc1ccc(-c2cc(C(=O)N[C@H](CCn3ccnc3)c3ccccc3)n[nH]2)o1. The smallest absolute Gasteiger partial charge is 0.272 e. The molecule has 0 radical (unpaired) electrons. The van der Waals surface area contributed by atoms with E-state index < -0.39 is 0 Å². The standard InChI is InChI=1S/C21H21N5O2/c1-15-7-8-20(28-15)18-13-19(25-24-18)21(27)23-17(16-5-3-2-4-6-16)9-11-26-12-10-22-14-26/h2-8,10,12-14,17H,9,11H2,1H3,(H,23,27)(H,24,25)/t17-/m1/s1. The number of carbonyl (C=O) groups excluding carboxylic acids is 1. The number of aromatic amines is 1. The highest BCUT2D eigenvalue weighted by atomic mass is 16.3. The van der Waals surface area contributed by atoms with Crippen LogP contribution < -0.4 is 5.32 Å². The summed E-state index contributed by atoms with van der Waals surface area (Å²) in [5.41, 5.74) is 2.05. The molecule has 0 aliphatic rings. The molecule has 0 aliphatic heterocycles. The molecule has 0 aliphatic carbocycles. The number of amides is 1. The monoisotopic (exact) mass is 375 g/mol. The second-order valence-electron chi connectivity index (χ2n) is 6.60. The summed E-state index contributed by atoms with van der Waals surface area (Å²) in [5, 5.41) is 10.1. The van der Waals surface area contributed by atoms with Gasteiger partial charge < -0.3 is 14.3 Å². The van der Waals surface area contributed by atoms with Crippen LogP contribution in [0.15, 0.2) is 71.7 Å². The summed E-state index contributed by atoms with van der Waals surface area (Å²) in [6.45, 7) is 2.62. The third kappa shape index (κ3) is 4.03. The molecular weight excluding hydrogens is 354 g/mol. The van der Waals surface area contributed by atoms with Gasteiger partial charge in [-0.25, -0.2) is 4.98 Å². The number of nitrogens with zero attached hydrogens (tertiary/aromatic N) is 3. The molecule has 2 N–H and O–H groups in total. The first-order valence-electron chi connectivity index (χ1n) is 9.13. The van der Waals surface area contributed by atoms with E-state index in [0.29, 0.717) is 17.1 Å². The summed E-state index contributed by atoms with van der Waals surface area (Å²) >= 11 is 0. The highest BCUT2D eigenvalue weighted by Crippen LogP contribution is 2.22. The quantitative estimate of drug-likeness (QED) is 0.515. The molecule has 3 heterocycles. The fourth-order valence-corrected chi connectivity index (χ4v) is 3.08. The summed E-state index contributed by atoms with van der Waals surface area (Å²) in [4.78, 5) is 16.9. The zero-order chi connectivity index (χ0) is 19.3. The average Bonchev–Trinajstić information content (AvgIpc) is 3.47. The predicted molar refractivity (Wildman–Crippen MR) is 105 cm³/mol. The van der Waals surface area contributed by atoms with E-state index in [2.05, 4.69) is 20.5 Å². The van der Waals surface area contributed by atoms with Crippen LogP contribution in [0, 0.1) is 6.92 Å². The number of furan rings is 1. The third-order valence-electron chi connectivity index (χ3n) is 4.56. The van der Waals surface area contributed by atoms with Crippen molar-refractivity contribution in [3.05, 3.63) is 84.3 Å². The highest BCUT2D eigenvalue weighted by Gasteiger charge is 2.19. The fraction of sp³-hybridized carbons (Fsp3) is 0.190. The van der Waals surface area contributed by atoms with Gasteiger partial charge in [0.15, 0.2) is 11.5 Å². The number of imidazole rings is 1. The summed E-state index contributed by atoms with van der Waals surface area (Å²) in [6, 6.07) is 15.2. The third-order valence-corrected chi connectivity index (χ3v) is 4.56. The maximum absolute atomic E-state index is 12.8. The zero-order valence-corrected chi connectivity index (χ0v) is 15.5. The highest BCUT2D eigenvalue weighted by molar-refractivity contribution is 5.93. The van der Waals surface area contributed by atoms with Crippen LogP contribution in [0.25, 0.3) is 11.5 Å². The zero-order valence-electron chi connectivity index (χ0n) is 15.5. The van der Waals surface area contributed by atoms with Crippen LogP contribution in [0.4, 0.5) is 0 Å². The van der Waals surface area contributed by atoms with Gasteiger partial charge in [0.25, 0.3) is 5.91 Å². The molecule has 1 amide bonds. The van der Waals surface area contributed by atoms with E-state index in [1.54, 1.807) is 18.6 Å². The molecule has 142 valence electrons. The van der Waals surface area contributed by atoms with Gasteiger partial charge in [-0.3, -0.25) is 9.89 Å². The Bertz CT molecular complexity index is 1030. The minimum Gasteiger partial charge on any atom is -0.460 e. The molecule has 7 nitrogen and oxygen atoms in total. The van der Waals surface area contributed by atoms with Crippen molar-refractivity contribution < 1.29 is 9.21 Å². The first kappa shape index (κ1) is 17.8. The summed E-state index contributed by atoms with van der Waals surface area (Å²) in [5.74, 6) is 1.23. The molecular formula is C21H21N5O2. The average molecular weight is 375 g/mol. The van der Waals surface area contributed by atoms with E-state index in [-0.39, 0.29) is 11.9 Å². The molecule has 0 saturated carbocycles. The van der Waals surface area contributed by atoms with Crippen molar-refractivity contribution >= 4 is 5.91 Å². The second-order valence-corrected chi connectivity index (χ2v) is 6.60. The lowest BCUT2D eigenvalue weighted by Crippen LogP contribution is -2.29. The van der Waals surface area contributed by atoms with E-state index in [1.807, 2.05) is 60.2 Å². The summed E-state index contributed by atoms with van der Waals surface area (Å²) < 4.78 is 7.58. The van der Waals surface area contributed by atoms with Crippen molar-refractivity contribution in [3.63, 3.8) is 0 Å². The molecule has 4 aromatic rings. The Morgan fingerprint density at radius 1 is 1.25 bits per heavy atom. The van der Waals surface area contributed by atoms with Gasteiger partial charge in [-0.05, 0) is 31.0 Å². The molecule has 1 aromatic carbocycles. The lowest BCUT2D eigenvalue weighted by Gasteiger charge is -2.19. The Morgan fingerprint density at radius 2 is 2.11 bits per heavy atom. The van der Waals surface area contributed by atoms with Gasteiger partial charge in [-0.2, -0.15) is 5.10 Å². The van der Waals surface area contributed by atoms with Gasteiger partial charge in [0.2, 0.25) is 0 Å². The predicted octanol–water partition coefficient (Wildman–Crippen LogP) is 3.74. The molecule has 1 atom stereocenters. The van der Waals surface area contributed by atoms with Crippen LogP contribution in [0.5, 0.6) is 0 Å². The number of aryl methyl sites for hydroxylation is 2. The van der Waals surface area contributed by atoms with Gasteiger partial charge in [0.1, 0.15) is 11.5 Å². The Balaban J connectivity index is 1.49. The van der Waals surface area contributed by atoms with Crippen molar-refractivity contribution in [1.29, 1.82) is 0 Å². The Kier molecular flexibility index (Phi) is 5.05. The van der Waals surface area contributed by atoms with Crippen molar-refractivity contribution in [2.45, 2.75) is 25.9 Å². The number of rotatable bonds is 7. The number of nitrogens with one attached hydrogen (secondary N) is 2. The largest absolute Gasteiger partial charge is 0.460 e. The van der Waals surface area contributed by atoms with Crippen LogP contribution in [0.1, 0.15) is 34.3 Å². The number of aromatic nitrogens is 4. The minimum atomic E-state index is -0.231. The Labute approximate surface area is 162 Å². The van der Waals surface area contributed by atoms with E-state index >= 15 is 0 Å². The summed E-state index contributed by atoms with van der Waals surface area (Å²) in [6.07, 6.45) is 6.17. The Hall–Kier alpha value is -3.61. The van der Waals surface area contributed by atoms with Gasteiger partial charge >= 0.3 is 0 Å². The fourth-order valence-electron chi connectivity index (χ4n) is 3.08.